The third kappa shape index (κ3) is 2.88. The molecule has 0 fully saturated rings. The van der Waals surface area contributed by atoms with E-state index in [4.69, 9.17) is 5.73 Å². The van der Waals surface area contributed by atoms with Crippen LogP contribution in [0.1, 0.15) is 27.3 Å². The van der Waals surface area contributed by atoms with Gasteiger partial charge in [0.15, 0.2) is 0 Å². The van der Waals surface area contributed by atoms with Crippen molar-refractivity contribution in [3.05, 3.63) is 52.8 Å². The van der Waals surface area contributed by atoms with Gasteiger partial charge in [-0.25, -0.2) is 0 Å². The molecular formula is C15H20N4O. The third-order valence-corrected chi connectivity index (χ3v) is 3.31. The molecule has 0 aliphatic carbocycles. The average Bonchev–Trinajstić information content (AvgIpc) is 2.77. The summed E-state index contributed by atoms with van der Waals surface area (Å²) in [6.07, 6.45) is 0. The lowest BCUT2D eigenvalue weighted by Crippen LogP contribution is -2.28. The molecule has 0 radical (unpaired) electrons. The molecule has 2 rings (SSSR count). The molecule has 0 unspecified atom stereocenters. The minimum atomic E-state index is -0.0417. The molecule has 106 valence electrons. The lowest BCUT2D eigenvalue weighted by Gasteiger charge is -2.19. The predicted molar refractivity (Wildman–Crippen MR) is 78.1 cm³/mol. The van der Waals surface area contributed by atoms with Crippen molar-refractivity contribution in [3.8, 4) is 0 Å². The highest BCUT2D eigenvalue weighted by Gasteiger charge is 2.17. The number of aryl methyl sites for hydroxylation is 2. The number of hydrogen-bond acceptors (Lipinski definition) is 3. The maximum atomic E-state index is 12.4. The van der Waals surface area contributed by atoms with Crippen LogP contribution in [0.25, 0.3) is 0 Å². The number of nitrogens with zero attached hydrogens (tertiary/aromatic N) is 3. The number of amides is 1. The summed E-state index contributed by atoms with van der Waals surface area (Å²) in [7, 11) is 3.57. The highest BCUT2D eigenvalue weighted by molar-refractivity contribution is 5.92. The first-order valence-electron chi connectivity index (χ1n) is 6.56. The SMILES string of the molecule is Cc1cc(C(=O)N(C)Cc2ccccc2CN)n(C)n1. The summed E-state index contributed by atoms with van der Waals surface area (Å²) in [5, 5.41) is 4.20. The molecule has 1 aromatic heterocycles. The van der Waals surface area contributed by atoms with Crippen molar-refractivity contribution >= 4 is 5.91 Å². The van der Waals surface area contributed by atoms with E-state index in [0.29, 0.717) is 18.8 Å². The minimum Gasteiger partial charge on any atom is -0.336 e. The summed E-state index contributed by atoms with van der Waals surface area (Å²) in [6, 6.07) is 9.70. The number of carbonyl (C=O) groups excluding carboxylic acids is 1. The highest BCUT2D eigenvalue weighted by Crippen LogP contribution is 2.13. The molecule has 5 heteroatoms. The van der Waals surface area contributed by atoms with E-state index in [0.717, 1.165) is 16.8 Å². The van der Waals surface area contributed by atoms with E-state index in [2.05, 4.69) is 5.10 Å². The Labute approximate surface area is 119 Å². The Morgan fingerprint density at radius 3 is 2.55 bits per heavy atom. The van der Waals surface area contributed by atoms with Gasteiger partial charge in [0.1, 0.15) is 5.69 Å². The van der Waals surface area contributed by atoms with Crippen LogP contribution in [0.3, 0.4) is 0 Å². The predicted octanol–water partition coefficient (Wildman–Crippen LogP) is 1.46. The minimum absolute atomic E-state index is 0.0417. The van der Waals surface area contributed by atoms with Crippen molar-refractivity contribution < 1.29 is 4.79 Å². The molecule has 0 atom stereocenters. The van der Waals surface area contributed by atoms with Gasteiger partial charge in [0, 0.05) is 27.2 Å². The van der Waals surface area contributed by atoms with Crippen LogP contribution >= 0.6 is 0 Å². The first kappa shape index (κ1) is 14.3. The van der Waals surface area contributed by atoms with Gasteiger partial charge >= 0.3 is 0 Å². The fraction of sp³-hybridized carbons (Fsp3) is 0.333. The average molecular weight is 272 g/mol. The number of aromatic nitrogens is 2. The van der Waals surface area contributed by atoms with Crippen LogP contribution in [-0.4, -0.2) is 27.6 Å². The van der Waals surface area contributed by atoms with Crippen molar-refractivity contribution in [2.24, 2.45) is 12.8 Å². The van der Waals surface area contributed by atoms with Crippen LogP contribution in [0.15, 0.2) is 30.3 Å². The van der Waals surface area contributed by atoms with Crippen molar-refractivity contribution in [2.75, 3.05) is 7.05 Å². The van der Waals surface area contributed by atoms with Crippen molar-refractivity contribution in [2.45, 2.75) is 20.0 Å². The normalized spacial score (nSPS) is 10.6. The molecule has 1 aromatic carbocycles. The van der Waals surface area contributed by atoms with Gasteiger partial charge in [-0.05, 0) is 24.1 Å². The monoisotopic (exact) mass is 272 g/mol. The van der Waals surface area contributed by atoms with Crippen molar-refractivity contribution in [1.29, 1.82) is 0 Å². The van der Waals surface area contributed by atoms with Gasteiger partial charge in [-0.2, -0.15) is 5.10 Å². The van der Waals surface area contributed by atoms with Crippen molar-refractivity contribution in [3.63, 3.8) is 0 Å². The van der Waals surface area contributed by atoms with Gasteiger partial charge < -0.3 is 10.6 Å². The number of carbonyl (C=O) groups is 1. The first-order chi connectivity index (χ1) is 9.52. The molecule has 0 aliphatic heterocycles. The van der Waals surface area contributed by atoms with Crippen LogP contribution in [0, 0.1) is 6.92 Å². The molecule has 5 nitrogen and oxygen atoms in total. The topological polar surface area (TPSA) is 64.2 Å². The molecule has 1 heterocycles. The zero-order valence-corrected chi connectivity index (χ0v) is 12.1. The fourth-order valence-corrected chi connectivity index (χ4v) is 2.24. The van der Waals surface area contributed by atoms with Gasteiger partial charge in [0.25, 0.3) is 5.91 Å². The van der Waals surface area contributed by atoms with E-state index in [9.17, 15) is 4.79 Å². The number of hydrogen-bond donors (Lipinski definition) is 1. The smallest absolute Gasteiger partial charge is 0.272 e. The van der Waals surface area contributed by atoms with Crippen LogP contribution in [-0.2, 0) is 20.1 Å². The Kier molecular flexibility index (Phi) is 4.20. The Bertz CT molecular complexity index is 618. The summed E-state index contributed by atoms with van der Waals surface area (Å²) in [5.41, 5.74) is 9.29. The van der Waals surface area contributed by atoms with E-state index in [-0.39, 0.29) is 5.91 Å². The fourth-order valence-electron chi connectivity index (χ4n) is 2.24. The van der Waals surface area contributed by atoms with E-state index in [1.807, 2.05) is 31.2 Å². The lowest BCUT2D eigenvalue weighted by atomic mass is 10.1. The summed E-state index contributed by atoms with van der Waals surface area (Å²) in [6.45, 7) is 2.89. The van der Waals surface area contributed by atoms with E-state index >= 15 is 0 Å². The zero-order chi connectivity index (χ0) is 14.7. The van der Waals surface area contributed by atoms with E-state index < -0.39 is 0 Å². The second-order valence-electron chi connectivity index (χ2n) is 4.93. The number of rotatable bonds is 4. The molecule has 2 aromatic rings. The second-order valence-corrected chi connectivity index (χ2v) is 4.93. The maximum Gasteiger partial charge on any atom is 0.272 e. The third-order valence-electron chi connectivity index (χ3n) is 3.31. The number of benzene rings is 1. The van der Waals surface area contributed by atoms with E-state index in [1.165, 1.54) is 0 Å². The Balaban J connectivity index is 2.17. The Hall–Kier alpha value is -2.14. The highest BCUT2D eigenvalue weighted by atomic mass is 16.2. The van der Waals surface area contributed by atoms with E-state index in [1.54, 1.807) is 29.7 Å². The molecular weight excluding hydrogens is 252 g/mol. The zero-order valence-electron chi connectivity index (χ0n) is 12.1. The van der Waals surface area contributed by atoms with Crippen LogP contribution < -0.4 is 5.73 Å². The Morgan fingerprint density at radius 2 is 2.00 bits per heavy atom. The molecule has 1 amide bonds. The van der Waals surface area contributed by atoms with Crippen molar-refractivity contribution in [1.82, 2.24) is 14.7 Å². The molecule has 0 saturated heterocycles. The molecule has 20 heavy (non-hydrogen) atoms. The lowest BCUT2D eigenvalue weighted by molar-refractivity contribution is 0.0774. The summed E-state index contributed by atoms with van der Waals surface area (Å²) in [5.74, 6) is -0.0417. The summed E-state index contributed by atoms with van der Waals surface area (Å²) in [4.78, 5) is 14.1. The largest absolute Gasteiger partial charge is 0.336 e. The first-order valence-corrected chi connectivity index (χ1v) is 6.56. The quantitative estimate of drug-likeness (QED) is 0.916. The Morgan fingerprint density at radius 1 is 1.35 bits per heavy atom. The van der Waals surface area contributed by atoms with Gasteiger partial charge in [-0.3, -0.25) is 9.48 Å². The molecule has 0 aliphatic rings. The molecule has 0 saturated carbocycles. The van der Waals surface area contributed by atoms with Gasteiger partial charge in [-0.1, -0.05) is 24.3 Å². The van der Waals surface area contributed by atoms with Gasteiger partial charge in [0.05, 0.1) is 5.69 Å². The summed E-state index contributed by atoms with van der Waals surface area (Å²) < 4.78 is 1.61. The molecule has 2 N–H and O–H groups in total. The summed E-state index contributed by atoms with van der Waals surface area (Å²) >= 11 is 0. The van der Waals surface area contributed by atoms with Crippen LogP contribution in [0.5, 0.6) is 0 Å². The standard InChI is InChI=1S/C15H20N4O/c1-11-8-14(19(3)17-11)15(20)18(2)10-13-7-5-4-6-12(13)9-16/h4-8H,9-10,16H2,1-3H3. The molecule has 0 bridgehead atoms. The molecule has 0 spiro atoms. The number of nitrogens with two attached hydrogens (primary N) is 1. The van der Waals surface area contributed by atoms with Crippen LogP contribution in [0.4, 0.5) is 0 Å². The van der Waals surface area contributed by atoms with Gasteiger partial charge in [-0.15, -0.1) is 0 Å². The second kappa shape index (κ2) is 5.88. The van der Waals surface area contributed by atoms with Gasteiger partial charge in [0.2, 0.25) is 0 Å². The maximum absolute atomic E-state index is 12.4. The van der Waals surface area contributed by atoms with Crippen LogP contribution in [0.2, 0.25) is 0 Å².